The summed E-state index contributed by atoms with van der Waals surface area (Å²) in [7, 11) is 0. The van der Waals surface area contributed by atoms with Gasteiger partial charge in [-0.25, -0.2) is 4.98 Å². The second-order valence-electron chi connectivity index (χ2n) is 4.40. The number of carbonyl (C=O) groups is 1. The molecule has 0 saturated heterocycles. The Kier molecular flexibility index (Phi) is 5.12. The third-order valence-corrected chi connectivity index (χ3v) is 3.89. The van der Waals surface area contributed by atoms with Crippen molar-refractivity contribution in [2.75, 3.05) is 0 Å². The van der Waals surface area contributed by atoms with E-state index in [1.807, 2.05) is 18.2 Å². The normalized spacial score (nSPS) is 10.4. The fourth-order valence-corrected chi connectivity index (χ4v) is 2.60. The zero-order chi connectivity index (χ0) is 14.4. The summed E-state index contributed by atoms with van der Waals surface area (Å²) in [5.41, 5.74) is 1.24. The highest BCUT2D eigenvalue weighted by Crippen LogP contribution is 2.19. The lowest BCUT2D eigenvalue weighted by molar-refractivity contribution is -0.136. The Labute approximate surface area is 122 Å². The van der Waals surface area contributed by atoms with Gasteiger partial charge in [-0.05, 0) is 30.5 Å². The molecule has 1 aromatic heterocycles. The van der Waals surface area contributed by atoms with Crippen molar-refractivity contribution in [2.45, 2.75) is 32.8 Å². The van der Waals surface area contributed by atoms with Crippen LogP contribution in [0.2, 0.25) is 0 Å². The van der Waals surface area contributed by atoms with Crippen molar-refractivity contribution in [3.63, 3.8) is 0 Å². The van der Waals surface area contributed by atoms with Gasteiger partial charge in [0.25, 0.3) is 0 Å². The lowest BCUT2D eigenvalue weighted by Gasteiger charge is -2.05. The van der Waals surface area contributed by atoms with Gasteiger partial charge in [0, 0.05) is 11.1 Å². The van der Waals surface area contributed by atoms with Crippen molar-refractivity contribution in [3.8, 4) is 5.75 Å². The predicted octanol–water partition coefficient (Wildman–Crippen LogP) is 3.30. The fraction of sp³-hybridized carbons (Fsp3) is 0.333. The predicted molar refractivity (Wildman–Crippen MR) is 78.2 cm³/mol. The summed E-state index contributed by atoms with van der Waals surface area (Å²) in [5, 5.41) is 9.51. The quantitative estimate of drug-likeness (QED) is 0.850. The summed E-state index contributed by atoms with van der Waals surface area (Å²) in [5.74, 6) is 0.0548. The van der Waals surface area contributed by atoms with E-state index >= 15 is 0 Å². The Morgan fingerprint density at radius 3 is 3.05 bits per heavy atom. The third-order valence-electron chi connectivity index (χ3n) is 2.86. The SMILES string of the molecule is CCc1cccc(OCc2ncc(CCC(=O)O)s2)c1. The summed E-state index contributed by atoms with van der Waals surface area (Å²) < 4.78 is 5.71. The number of aliphatic carboxylic acids is 1. The van der Waals surface area contributed by atoms with E-state index in [9.17, 15) is 4.79 Å². The third kappa shape index (κ3) is 4.35. The maximum absolute atomic E-state index is 10.5. The number of thiazole rings is 1. The topological polar surface area (TPSA) is 59.4 Å². The Balaban J connectivity index is 1.88. The summed E-state index contributed by atoms with van der Waals surface area (Å²) in [6.45, 7) is 2.53. The number of nitrogens with zero attached hydrogens (tertiary/aromatic N) is 1. The molecule has 20 heavy (non-hydrogen) atoms. The lowest BCUT2D eigenvalue weighted by atomic mass is 10.2. The van der Waals surface area contributed by atoms with E-state index < -0.39 is 5.97 Å². The number of carboxylic acids is 1. The van der Waals surface area contributed by atoms with Gasteiger partial charge in [-0.15, -0.1) is 11.3 Å². The Bertz CT molecular complexity index is 580. The standard InChI is InChI=1S/C15H17NO3S/c1-2-11-4-3-5-12(8-11)19-10-14-16-9-13(20-14)6-7-15(17)18/h3-5,8-9H,2,6-7,10H2,1H3,(H,17,18). The van der Waals surface area contributed by atoms with Gasteiger partial charge in [-0.3, -0.25) is 4.79 Å². The summed E-state index contributed by atoms with van der Waals surface area (Å²) >= 11 is 1.50. The van der Waals surface area contributed by atoms with Crippen molar-refractivity contribution < 1.29 is 14.6 Å². The molecule has 2 aromatic rings. The number of aryl methyl sites for hydroxylation is 2. The number of carboxylic acid groups (broad SMARTS) is 1. The molecule has 0 unspecified atom stereocenters. The van der Waals surface area contributed by atoms with E-state index in [1.54, 1.807) is 6.20 Å². The van der Waals surface area contributed by atoms with Crippen molar-refractivity contribution in [1.29, 1.82) is 0 Å². The van der Waals surface area contributed by atoms with Crippen LogP contribution in [0.15, 0.2) is 30.5 Å². The number of aromatic nitrogens is 1. The van der Waals surface area contributed by atoms with Crippen molar-refractivity contribution in [2.24, 2.45) is 0 Å². The van der Waals surface area contributed by atoms with Crippen LogP contribution >= 0.6 is 11.3 Å². The highest BCUT2D eigenvalue weighted by molar-refractivity contribution is 7.11. The first-order chi connectivity index (χ1) is 9.67. The molecule has 0 fully saturated rings. The highest BCUT2D eigenvalue weighted by Gasteiger charge is 2.05. The first-order valence-electron chi connectivity index (χ1n) is 6.54. The van der Waals surface area contributed by atoms with Crippen LogP contribution in [0.5, 0.6) is 5.75 Å². The molecule has 0 radical (unpaired) electrons. The van der Waals surface area contributed by atoms with Crippen molar-refractivity contribution in [3.05, 3.63) is 45.9 Å². The first kappa shape index (κ1) is 14.5. The monoisotopic (exact) mass is 291 g/mol. The minimum atomic E-state index is -0.785. The van der Waals surface area contributed by atoms with Crippen LogP contribution in [-0.2, 0) is 24.2 Å². The van der Waals surface area contributed by atoms with Crippen LogP contribution < -0.4 is 4.74 Å². The molecule has 0 saturated carbocycles. The van der Waals surface area contributed by atoms with Gasteiger partial charge in [-0.1, -0.05) is 19.1 Å². The minimum absolute atomic E-state index is 0.140. The number of hydrogen-bond acceptors (Lipinski definition) is 4. The maximum Gasteiger partial charge on any atom is 0.303 e. The second kappa shape index (κ2) is 7.05. The molecule has 5 heteroatoms. The Morgan fingerprint density at radius 1 is 1.45 bits per heavy atom. The molecule has 4 nitrogen and oxygen atoms in total. The summed E-state index contributed by atoms with van der Waals surface area (Å²) in [6.07, 6.45) is 3.38. The van der Waals surface area contributed by atoms with Crippen molar-refractivity contribution >= 4 is 17.3 Å². The van der Waals surface area contributed by atoms with Crippen LogP contribution in [-0.4, -0.2) is 16.1 Å². The van der Waals surface area contributed by atoms with E-state index in [-0.39, 0.29) is 6.42 Å². The molecular formula is C15H17NO3S. The minimum Gasteiger partial charge on any atom is -0.486 e. The van der Waals surface area contributed by atoms with E-state index in [1.165, 1.54) is 16.9 Å². The number of hydrogen-bond donors (Lipinski definition) is 1. The van der Waals surface area contributed by atoms with Crippen LogP contribution in [0.4, 0.5) is 0 Å². The van der Waals surface area contributed by atoms with Crippen LogP contribution in [0.1, 0.15) is 28.8 Å². The molecule has 1 heterocycles. The Hall–Kier alpha value is -1.88. The Morgan fingerprint density at radius 2 is 2.30 bits per heavy atom. The molecular weight excluding hydrogens is 274 g/mol. The molecule has 0 aliphatic rings. The molecule has 1 aromatic carbocycles. The molecule has 0 bridgehead atoms. The van der Waals surface area contributed by atoms with E-state index in [0.717, 1.165) is 22.1 Å². The zero-order valence-corrected chi connectivity index (χ0v) is 12.2. The van der Waals surface area contributed by atoms with Gasteiger partial charge >= 0.3 is 5.97 Å². The summed E-state index contributed by atoms with van der Waals surface area (Å²) in [4.78, 5) is 15.7. The molecule has 0 atom stereocenters. The van der Waals surface area contributed by atoms with Gasteiger partial charge in [0.1, 0.15) is 17.4 Å². The molecule has 0 aliphatic heterocycles. The van der Waals surface area contributed by atoms with Crippen LogP contribution in [0, 0.1) is 0 Å². The number of rotatable bonds is 7. The molecule has 0 amide bonds. The van der Waals surface area contributed by atoms with Crippen LogP contribution in [0.3, 0.4) is 0 Å². The maximum atomic E-state index is 10.5. The van der Waals surface area contributed by atoms with Crippen molar-refractivity contribution in [1.82, 2.24) is 4.98 Å². The van der Waals surface area contributed by atoms with E-state index in [2.05, 4.69) is 18.0 Å². The molecule has 2 rings (SSSR count). The van der Waals surface area contributed by atoms with Gasteiger partial charge in [0.2, 0.25) is 0 Å². The molecule has 1 N–H and O–H groups in total. The smallest absolute Gasteiger partial charge is 0.303 e. The first-order valence-corrected chi connectivity index (χ1v) is 7.36. The lowest BCUT2D eigenvalue weighted by Crippen LogP contribution is -1.95. The van der Waals surface area contributed by atoms with Crippen LogP contribution in [0.25, 0.3) is 0 Å². The van der Waals surface area contributed by atoms with Gasteiger partial charge in [-0.2, -0.15) is 0 Å². The molecule has 0 spiro atoms. The molecule has 0 aliphatic carbocycles. The van der Waals surface area contributed by atoms with Gasteiger partial charge in [0.15, 0.2) is 0 Å². The van der Waals surface area contributed by atoms with Gasteiger partial charge < -0.3 is 9.84 Å². The largest absolute Gasteiger partial charge is 0.486 e. The van der Waals surface area contributed by atoms with Gasteiger partial charge in [0.05, 0.1) is 6.42 Å². The average molecular weight is 291 g/mol. The average Bonchev–Trinajstić information content (AvgIpc) is 2.91. The molecule has 106 valence electrons. The van der Waals surface area contributed by atoms with E-state index in [4.69, 9.17) is 9.84 Å². The number of benzene rings is 1. The highest BCUT2D eigenvalue weighted by atomic mass is 32.1. The number of ether oxygens (including phenoxy) is 1. The fourth-order valence-electron chi connectivity index (χ4n) is 1.76. The van der Waals surface area contributed by atoms with E-state index in [0.29, 0.717) is 13.0 Å². The summed E-state index contributed by atoms with van der Waals surface area (Å²) in [6, 6.07) is 8.01. The second-order valence-corrected chi connectivity index (χ2v) is 5.60. The zero-order valence-electron chi connectivity index (χ0n) is 11.3.